The van der Waals surface area contributed by atoms with Crippen LogP contribution in [-0.4, -0.2) is 39.4 Å². The standard InChI is InChI=1S/C13H15BrFN3O/c1-17-7-10-8-18(4-5-19-10)11-3-2-9(6-16)12(14)13(11)15/h2-3,10,17H,4-5,7-8H2,1H3. The van der Waals surface area contributed by atoms with Gasteiger partial charge in [-0.1, -0.05) is 0 Å². The molecule has 0 spiro atoms. The molecule has 1 saturated heterocycles. The monoisotopic (exact) mass is 327 g/mol. The van der Waals surface area contributed by atoms with Crippen molar-refractivity contribution in [3.05, 3.63) is 28.0 Å². The van der Waals surface area contributed by atoms with Gasteiger partial charge in [0.2, 0.25) is 0 Å². The van der Waals surface area contributed by atoms with E-state index in [1.807, 2.05) is 18.0 Å². The lowest BCUT2D eigenvalue weighted by molar-refractivity contribution is 0.0419. The van der Waals surface area contributed by atoms with Crippen LogP contribution in [-0.2, 0) is 4.74 Å². The van der Waals surface area contributed by atoms with E-state index in [0.717, 1.165) is 6.54 Å². The third kappa shape index (κ3) is 3.06. The molecule has 0 aliphatic carbocycles. The number of morpholine rings is 1. The molecule has 19 heavy (non-hydrogen) atoms. The molecular weight excluding hydrogens is 313 g/mol. The molecule has 1 aromatic rings. The van der Waals surface area contributed by atoms with Crippen molar-refractivity contribution in [2.75, 3.05) is 38.2 Å². The molecule has 0 radical (unpaired) electrons. The molecular formula is C13H15BrFN3O. The fourth-order valence-electron chi connectivity index (χ4n) is 2.16. The van der Waals surface area contributed by atoms with Crippen molar-refractivity contribution in [1.29, 1.82) is 5.26 Å². The van der Waals surface area contributed by atoms with Crippen molar-refractivity contribution in [2.45, 2.75) is 6.10 Å². The van der Waals surface area contributed by atoms with E-state index in [4.69, 9.17) is 10.00 Å². The van der Waals surface area contributed by atoms with Gasteiger partial charge in [-0.15, -0.1) is 0 Å². The fraction of sp³-hybridized carbons (Fsp3) is 0.462. The third-order valence-corrected chi connectivity index (χ3v) is 3.87. The average Bonchev–Trinajstić information content (AvgIpc) is 2.42. The molecule has 102 valence electrons. The summed E-state index contributed by atoms with van der Waals surface area (Å²) in [6, 6.07) is 5.24. The molecule has 1 aliphatic heterocycles. The Bertz CT molecular complexity index is 501. The van der Waals surface area contributed by atoms with Crippen LogP contribution in [0.5, 0.6) is 0 Å². The van der Waals surface area contributed by atoms with Crippen molar-refractivity contribution in [3.63, 3.8) is 0 Å². The molecule has 1 heterocycles. The van der Waals surface area contributed by atoms with Gasteiger partial charge in [0.25, 0.3) is 0 Å². The van der Waals surface area contributed by atoms with Crippen molar-refractivity contribution in [3.8, 4) is 6.07 Å². The molecule has 1 N–H and O–H groups in total. The molecule has 2 rings (SSSR count). The average molecular weight is 328 g/mol. The van der Waals surface area contributed by atoms with Crippen molar-refractivity contribution < 1.29 is 9.13 Å². The van der Waals surface area contributed by atoms with E-state index in [2.05, 4.69) is 21.2 Å². The Morgan fingerprint density at radius 2 is 2.42 bits per heavy atom. The quantitative estimate of drug-likeness (QED) is 0.921. The third-order valence-electron chi connectivity index (χ3n) is 3.09. The Morgan fingerprint density at radius 1 is 1.63 bits per heavy atom. The summed E-state index contributed by atoms with van der Waals surface area (Å²) < 4.78 is 20.1. The van der Waals surface area contributed by atoms with Gasteiger partial charge in [0.15, 0.2) is 5.82 Å². The van der Waals surface area contributed by atoms with Gasteiger partial charge in [0.05, 0.1) is 28.4 Å². The molecule has 0 bridgehead atoms. The van der Waals surface area contributed by atoms with Gasteiger partial charge in [0, 0.05) is 19.6 Å². The zero-order valence-electron chi connectivity index (χ0n) is 10.6. The summed E-state index contributed by atoms with van der Waals surface area (Å²) in [5.41, 5.74) is 0.816. The first kappa shape index (κ1) is 14.3. The number of nitriles is 1. The van der Waals surface area contributed by atoms with Crippen LogP contribution in [0.15, 0.2) is 16.6 Å². The molecule has 6 heteroatoms. The minimum absolute atomic E-state index is 0.0487. The molecule has 0 aromatic heterocycles. The summed E-state index contributed by atoms with van der Waals surface area (Å²) in [4.78, 5) is 1.95. The number of benzene rings is 1. The summed E-state index contributed by atoms with van der Waals surface area (Å²) in [5.74, 6) is -0.385. The molecule has 0 saturated carbocycles. The van der Waals surface area contributed by atoms with Crippen LogP contribution in [0, 0.1) is 17.1 Å². The molecule has 4 nitrogen and oxygen atoms in total. The fourth-order valence-corrected chi connectivity index (χ4v) is 2.58. The second-order valence-electron chi connectivity index (χ2n) is 4.37. The van der Waals surface area contributed by atoms with Gasteiger partial charge in [0.1, 0.15) is 6.07 Å². The predicted molar refractivity (Wildman–Crippen MR) is 74.7 cm³/mol. The number of hydrogen-bond acceptors (Lipinski definition) is 4. The summed E-state index contributed by atoms with van der Waals surface area (Å²) in [7, 11) is 1.86. The lowest BCUT2D eigenvalue weighted by Crippen LogP contribution is -2.46. The topological polar surface area (TPSA) is 48.3 Å². The number of nitrogens with one attached hydrogen (secondary N) is 1. The van der Waals surface area contributed by atoms with Gasteiger partial charge < -0.3 is 15.0 Å². The molecule has 0 amide bonds. The first-order chi connectivity index (χ1) is 9.17. The van der Waals surface area contributed by atoms with Crippen LogP contribution < -0.4 is 10.2 Å². The van der Waals surface area contributed by atoms with Crippen LogP contribution in [0.25, 0.3) is 0 Å². The van der Waals surface area contributed by atoms with E-state index < -0.39 is 0 Å². The van der Waals surface area contributed by atoms with Crippen LogP contribution in [0.3, 0.4) is 0 Å². The Kier molecular flexibility index (Phi) is 4.75. The largest absolute Gasteiger partial charge is 0.373 e. The maximum absolute atomic E-state index is 14.3. The number of likely N-dealkylation sites (N-methyl/N-ethyl adjacent to an activating group) is 1. The van der Waals surface area contributed by atoms with Crippen molar-refractivity contribution >= 4 is 21.6 Å². The minimum atomic E-state index is -0.385. The lowest BCUT2D eigenvalue weighted by Gasteiger charge is -2.34. The summed E-state index contributed by atoms with van der Waals surface area (Å²) in [6.07, 6.45) is 0.0487. The first-order valence-electron chi connectivity index (χ1n) is 6.06. The van der Waals surface area contributed by atoms with Gasteiger partial charge >= 0.3 is 0 Å². The second-order valence-corrected chi connectivity index (χ2v) is 5.16. The minimum Gasteiger partial charge on any atom is -0.373 e. The van der Waals surface area contributed by atoms with Gasteiger partial charge in [-0.05, 0) is 35.1 Å². The van der Waals surface area contributed by atoms with Crippen LogP contribution in [0.2, 0.25) is 0 Å². The van der Waals surface area contributed by atoms with Crippen LogP contribution >= 0.6 is 15.9 Å². The van der Waals surface area contributed by atoms with Gasteiger partial charge in [-0.2, -0.15) is 5.26 Å². The van der Waals surface area contributed by atoms with Gasteiger partial charge in [-0.3, -0.25) is 0 Å². The predicted octanol–water partition coefficient (Wildman–Crippen LogP) is 1.88. The van der Waals surface area contributed by atoms with Crippen LogP contribution in [0.1, 0.15) is 5.56 Å². The number of nitrogens with zero attached hydrogens (tertiary/aromatic N) is 2. The van der Waals surface area contributed by atoms with Crippen molar-refractivity contribution in [2.24, 2.45) is 0 Å². The highest BCUT2D eigenvalue weighted by atomic mass is 79.9. The molecule has 1 aromatic carbocycles. The lowest BCUT2D eigenvalue weighted by atomic mass is 10.1. The molecule has 1 atom stereocenters. The number of hydrogen-bond donors (Lipinski definition) is 1. The Labute approximate surface area is 120 Å². The highest BCUT2D eigenvalue weighted by Gasteiger charge is 2.23. The Morgan fingerprint density at radius 3 is 3.11 bits per heavy atom. The number of ether oxygens (including phenoxy) is 1. The SMILES string of the molecule is CNCC1CN(c2ccc(C#N)c(Br)c2F)CCO1. The van der Waals surface area contributed by atoms with Crippen LogP contribution in [0.4, 0.5) is 10.1 Å². The summed E-state index contributed by atoms with van der Waals surface area (Å²) >= 11 is 3.14. The first-order valence-corrected chi connectivity index (χ1v) is 6.86. The highest BCUT2D eigenvalue weighted by Crippen LogP contribution is 2.30. The second kappa shape index (κ2) is 6.33. The molecule has 1 fully saturated rings. The van der Waals surface area contributed by atoms with E-state index in [9.17, 15) is 4.39 Å². The summed E-state index contributed by atoms with van der Waals surface area (Å²) in [6.45, 7) is 2.59. The zero-order chi connectivity index (χ0) is 13.8. The Hall–Kier alpha value is -1.16. The highest BCUT2D eigenvalue weighted by molar-refractivity contribution is 9.10. The molecule has 1 aliphatic rings. The summed E-state index contributed by atoms with van der Waals surface area (Å²) in [5, 5.41) is 11.9. The molecule has 1 unspecified atom stereocenters. The van der Waals surface area contributed by atoms with E-state index >= 15 is 0 Å². The zero-order valence-corrected chi connectivity index (χ0v) is 12.2. The van der Waals surface area contributed by atoms with Gasteiger partial charge in [-0.25, -0.2) is 4.39 Å². The van der Waals surface area contributed by atoms with E-state index in [1.54, 1.807) is 12.1 Å². The van der Waals surface area contributed by atoms with E-state index in [1.165, 1.54) is 0 Å². The number of halogens is 2. The smallest absolute Gasteiger partial charge is 0.161 e. The van der Waals surface area contributed by atoms with E-state index in [0.29, 0.717) is 30.9 Å². The normalized spacial score (nSPS) is 19.3. The number of anilines is 1. The van der Waals surface area contributed by atoms with E-state index in [-0.39, 0.29) is 16.4 Å². The van der Waals surface area contributed by atoms with Crippen molar-refractivity contribution in [1.82, 2.24) is 5.32 Å². The maximum atomic E-state index is 14.3. The Balaban J connectivity index is 2.22. The maximum Gasteiger partial charge on any atom is 0.161 e. The number of rotatable bonds is 3.